The van der Waals surface area contributed by atoms with Crippen LogP contribution in [0.25, 0.3) is 0 Å². The number of nitrogens with one attached hydrogen (secondary N) is 1. The second kappa shape index (κ2) is 5.87. The summed E-state index contributed by atoms with van der Waals surface area (Å²) in [6, 6.07) is 0. The fraction of sp³-hybridized carbons (Fsp3) is 0.688. The number of anilines is 2. The van der Waals surface area contributed by atoms with E-state index < -0.39 is 0 Å². The SMILES string of the molecule is COc1c(NCC2CCC(C)C2)sc(C(=O)C2CC2)c1N. The number of carbonyl (C=O) groups excluding carboxylic acids is 1. The quantitative estimate of drug-likeness (QED) is 0.785. The molecule has 0 spiro atoms. The van der Waals surface area contributed by atoms with Gasteiger partial charge < -0.3 is 15.8 Å². The maximum atomic E-state index is 12.3. The summed E-state index contributed by atoms with van der Waals surface area (Å²) in [5.41, 5.74) is 6.63. The number of carbonyl (C=O) groups is 1. The summed E-state index contributed by atoms with van der Waals surface area (Å²) in [6.45, 7) is 3.26. The first kappa shape index (κ1) is 14.7. The number of methoxy groups -OCH3 is 1. The Morgan fingerprint density at radius 1 is 1.38 bits per heavy atom. The van der Waals surface area contributed by atoms with Gasteiger partial charge in [-0.15, -0.1) is 11.3 Å². The van der Waals surface area contributed by atoms with Crippen LogP contribution in [0.3, 0.4) is 0 Å². The number of ether oxygens (including phenoxy) is 1. The third kappa shape index (κ3) is 3.03. The van der Waals surface area contributed by atoms with Gasteiger partial charge in [-0.1, -0.05) is 13.3 Å². The summed E-state index contributed by atoms with van der Waals surface area (Å²) < 4.78 is 5.41. The fourth-order valence-corrected chi connectivity index (χ4v) is 4.32. The van der Waals surface area contributed by atoms with Gasteiger partial charge in [0, 0.05) is 12.5 Å². The van der Waals surface area contributed by atoms with Crippen LogP contribution in [0.15, 0.2) is 0 Å². The topological polar surface area (TPSA) is 64.3 Å². The number of hydrogen-bond donors (Lipinski definition) is 2. The van der Waals surface area contributed by atoms with Crippen LogP contribution in [0, 0.1) is 17.8 Å². The van der Waals surface area contributed by atoms with Crippen molar-refractivity contribution in [2.75, 3.05) is 24.7 Å². The minimum atomic E-state index is 0.193. The summed E-state index contributed by atoms with van der Waals surface area (Å²) in [4.78, 5) is 12.9. The van der Waals surface area contributed by atoms with E-state index in [0.717, 1.165) is 36.2 Å². The van der Waals surface area contributed by atoms with E-state index in [2.05, 4.69) is 12.2 Å². The Balaban J connectivity index is 1.71. The average molecular weight is 308 g/mol. The molecular formula is C16H24N2O2S. The molecule has 5 heteroatoms. The molecule has 4 nitrogen and oxygen atoms in total. The summed E-state index contributed by atoms with van der Waals surface area (Å²) in [5.74, 6) is 2.59. The Hall–Kier alpha value is -1.23. The molecule has 2 fully saturated rings. The summed E-state index contributed by atoms with van der Waals surface area (Å²) >= 11 is 1.46. The zero-order valence-electron chi connectivity index (χ0n) is 12.8. The molecule has 2 aliphatic rings. The van der Waals surface area contributed by atoms with Gasteiger partial charge in [0.1, 0.15) is 5.00 Å². The lowest BCUT2D eigenvalue weighted by Crippen LogP contribution is -2.11. The van der Waals surface area contributed by atoms with Gasteiger partial charge in [-0.3, -0.25) is 4.79 Å². The molecule has 1 aromatic heterocycles. The molecule has 0 aromatic carbocycles. The first-order chi connectivity index (χ1) is 10.1. The maximum Gasteiger partial charge on any atom is 0.178 e. The van der Waals surface area contributed by atoms with Crippen LogP contribution < -0.4 is 15.8 Å². The van der Waals surface area contributed by atoms with Crippen molar-refractivity contribution in [3.8, 4) is 5.75 Å². The van der Waals surface area contributed by atoms with Gasteiger partial charge in [-0.2, -0.15) is 0 Å². The van der Waals surface area contributed by atoms with Crippen molar-refractivity contribution in [3.63, 3.8) is 0 Å². The highest BCUT2D eigenvalue weighted by molar-refractivity contribution is 7.19. The van der Waals surface area contributed by atoms with Crippen molar-refractivity contribution in [2.45, 2.75) is 39.0 Å². The third-order valence-electron chi connectivity index (χ3n) is 4.63. The van der Waals surface area contributed by atoms with E-state index in [0.29, 0.717) is 16.3 Å². The van der Waals surface area contributed by atoms with E-state index in [1.54, 1.807) is 7.11 Å². The van der Waals surface area contributed by atoms with Crippen LogP contribution in [0.1, 0.15) is 48.7 Å². The van der Waals surface area contributed by atoms with Gasteiger partial charge >= 0.3 is 0 Å². The molecule has 3 N–H and O–H groups in total. The van der Waals surface area contributed by atoms with Crippen molar-refractivity contribution in [1.82, 2.24) is 0 Å². The van der Waals surface area contributed by atoms with E-state index in [1.165, 1.54) is 30.6 Å². The Bertz CT molecular complexity index is 537. The summed E-state index contributed by atoms with van der Waals surface area (Å²) in [5, 5.41) is 4.38. The first-order valence-corrected chi connectivity index (χ1v) is 8.66. The Morgan fingerprint density at radius 3 is 2.71 bits per heavy atom. The molecule has 2 aliphatic carbocycles. The molecule has 116 valence electrons. The van der Waals surface area contributed by atoms with E-state index in [-0.39, 0.29) is 11.7 Å². The molecule has 2 saturated carbocycles. The largest absolute Gasteiger partial charge is 0.492 e. The zero-order chi connectivity index (χ0) is 15.0. The number of Topliss-reactive ketones (excluding diaryl/α,β-unsaturated/α-hetero) is 1. The predicted octanol–water partition coefficient (Wildman–Crippen LogP) is 3.78. The molecule has 2 unspecified atom stereocenters. The highest BCUT2D eigenvalue weighted by Gasteiger charge is 2.34. The highest BCUT2D eigenvalue weighted by Crippen LogP contribution is 2.46. The Morgan fingerprint density at radius 2 is 2.14 bits per heavy atom. The predicted molar refractivity (Wildman–Crippen MR) is 87.3 cm³/mol. The molecule has 0 amide bonds. The highest BCUT2D eigenvalue weighted by atomic mass is 32.1. The van der Waals surface area contributed by atoms with Crippen molar-refractivity contribution < 1.29 is 9.53 Å². The molecule has 0 aliphatic heterocycles. The fourth-order valence-electron chi connectivity index (χ4n) is 3.21. The third-order valence-corrected chi connectivity index (χ3v) is 5.79. The van der Waals surface area contributed by atoms with E-state index >= 15 is 0 Å². The number of ketones is 1. The van der Waals surface area contributed by atoms with Crippen LogP contribution in [-0.2, 0) is 0 Å². The maximum absolute atomic E-state index is 12.3. The molecule has 0 bridgehead atoms. The van der Waals surface area contributed by atoms with Gasteiger partial charge in [-0.05, 0) is 37.5 Å². The molecule has 0 radical (unpaired) electrons. The van der Waals surface area contributed by atoms with Crippen molar-refractivity contribution in [2.24, 2.45) is 17.8 Å². The monoisotopic (exact) mass is 308 g/mol. The minimum Gasteiger partial charge on any atom is -0.492 e. The molecule has 0 saturated heterocycles. The molecule has 1 aromatic rings. The van der Waals surface area contributed by atoms with Crippen LogP contribution in [0.5, 0.6) is 5.75 Å². The average Bonchev–Trinajstić information content (AvgIpc) is 3.16. The number of nitrogens with two attached hydrogens (primary N) is 1. The zero-order valence-corrected chi connectivity index (χ0v) is 13.6. The second-order valence-corrected chi connectivity index (χ2v) is 7.53. The standard InChI is InChI=1S/C16H24N2O2S/c1-9-3-4-10(7-9)8-18-16-14(20-2)12(17)15(21-16)13(19)11-5-6-11/h9-11,18H,3-8,17H2,1-2H3. The minimum absolute atomic E-state index is 0.193. The van der Waals surface area contributed by atoms with Crippen LogP contribution in [0.2, 0.25) is 0 Å². The van der Waals surface area contributed by atoms with Gasteiger partial charge in [-0.25, -0.2) is 0 Å². The van der Waals surface area contributed by atoms with E-state index in [9.17, 15) is 4.79 Å². The molecule has 3 rings (SSSR count). The van der Waals surface area contributed by atoms with Crippen molar-refractivity contribution in [1.29, 1.82) is 0 Å². The normalized spacial score (nSPS) is 25.0. The van der Waals surface area contributed by atoms with Gasteiger partial charge in [0.25, 0.3) is 0 Å². The second-order valence-electron chi connectivity index (χ2n) is 6.51. The van der Waals surface area contributed by atoms with Gasteiger partial charge in [0.2, 0.25) is 0 Å². The van der Waals surface area contributed by atoms with Crippen molar-refractivity contribution in [3.05, 3.63) is 4.88 Å². The Labute approximate surface area is 130 Å². The molecule has 2 atom stereocenters. The number of thiophene rings is 1. The molecule has 1 heterocycles. The first-order valence-electron chi connectivity index (χ1n) is 7.84. The van der Waals surface area contributed by atoms with Crippen LogP contribution in [-0.4, -0.2) is 19.4 Å². The van der Waals surface area contributed by atoms with E-state index in [4.69, 9.17) is 10.5 Å². The van der Waals surface area contributed by atoms with Crippen LogP contribution >= 0.6 is 11.3 Å². The molecular weight excluding hydrogens is 284 g/mol. The Kier molecular flexibility index (Phi) is 4.11. The number of hydrogen-bond acceptors (Lipinski definition) is 5. The lowest BCUT2D eigenvalue weighted by molar-refractivity contribution is 0.0972. The van der Waals surface area contributed by atoms with Crippen LogP contribution in [0.4, 0.5) is 10.7 Å². The molecule has 21 heavy (non-hydrogen) atoms. The smallest absolute Gasteiger partial charge is 0.178 e. The summed E-state index contributed by atoms with van der Waals surface area (Å²) in [7, 11) is 1.62. The van der Waals surface area contributed by atoms with E-state index in [1.807, 2.05) is 0 Å². The number of rotatable bonds is 6. The number of nitrogen functional groups attached to an aromatic ring is 1. The van der Waals surface area contributed by atoms with Gasteiger partial charge in [0.05, 0.1) is 17.7 Å². The lowest BCUT2D eigenvalue weighted by Gasteiger charge is -2.12. The summed E-state index contributed by atoms with van der Waals surface area (Å²) in [6.07, 6.45) is 5.89. The van der Waals surface area contributed by atoms with Crippen molar-refractivity contribution >= 4 is 27.8 Å². The lowest BCUT2D eigenvalue weighted by atomic mass is 10.1. The van der Waals surface area contributed by atoms with Gasteiger partial charge in [0.15, 0.2) is 11.5 Å².